The van der Waals surface area contributed by atoms with Crippen LogP contribution in [-0.2, 0) is 0 Å². The van der Waals surface area contributed by atoms with Gasteiger partial charge in [-0.3, -0.25) is 0 Å². The molecule has 16 heavy (non-hydrogen) atoms. The highest BCUT2D eigenvalue weighted by molar-refractivity contribution is 5.48. The van der Waals surface area contributed by atoms with Crippen LogP contribution in [0.2, 0.25) is 0 Å². The Kier molecular flexibility index (Phi) is 2.36. The SMILES string of the molecule is OC1CC2CCC1CN2c1ccc(F)cc1. The van der Waals surface area contributed by atoms with Crippen molar-refractivity contribution in [3.63, 3.8) is 0 Å². The van der Waals surface area contributed by atoms with E-state index in [1.807, 2.05) is 12.1 Å². The minimum Gasteiger partial charge on any atom is -0.393 e. The number of nitrogens with zero attached hydrogens (tertiary/aromatic N) is 1. The fourth-order valence-corrected chi connectivity index (χ4v) is 3.03. The van der Waals surface area contributed by atoms with E-state index in [9.17, 15) is 9.50 Å². The Balaban J connectivity index is 1.84. The Morgan fingerprint density at radius 1 is 1.19 bits per heavy atom. The van der Waals surface area contributed by atoms with Crippen LogP contribution in [0.1, 0.15) is 19.3 Å². The van der Waals surface area contributed by atoms with Gasteiger partial charge < -0.3 is 10.0 Å². The van der Waals surface area contributed by atoms with Crippen molar-refractivity contribution in [2.45, 2.75) is 31.4 Å². The molecule has 0 aromatic heterocycles. The third-order valence-electron chi connectivity index (χ3n) is 3.96. The number of aliphatic hydroxyl groups excluding tert-OH is 1. The Labute approximate surface area is 94.7 Å². The third kappa shape index (κ3) is 1.59. The average Bonchev–Trinajstić information content (AvgIpc) is 2.31. The minimum atomic E-state index is -0.189. The van der Waals surface area contributed by atoms with Crippen LogP contribution in [0.5, 0.6) is 0 Å². The number of fused-ring (bicyclic) bond motifs is 3. The molecular formula is C13H16FNO. The van der Waals surface area contributed by atoms with Crippen LogP contribution in [0.4, 0.5) is 10.1 Å². The molecule has 2 heterocycles. The van der Waals surface area contributed by atoms with Crippen LogP contribution >= 0.6 is 0 Å². The minimum absolute atomic E-state index is 0.129. The van der Waals surface area contributed by atoms with Crippen molar-refractivity contribution in [3.8, 4) is 0 Å². The molecule has 3 fully saturated rings. The quantitative estimate of drug-likeness (QED) is 0.785. The van der Waals surface area contributed by atoms with E-state index in [1.165, 1.54) is 12.1 Å². The summed E-state index contributed by atoms with van der Waals surface area (Å²) in [5.41, 5.74) is 1.09. The van der Waals surface area contributed by atoms with E-state index in [1.54, 1.807) is 0 Å². The van der Waals surface area contributed by atoms with Crippen molar-refractivity contribution in [3.05, 3.63) is 30.1 Å². The lowest BCUT2D eigenvalue weighted by Crippen LogP contribution is -2.54. The Morgan fingerprint density at radius 3 is 2.50 bits per heavy atom. The second-order valence-electron chi connectivity index (χ2n) is 4.92. The van der Waals surface area contributed by atoms with Crippen LogP contribution in [0.15, 0.2) is 24.3 Å². The summed E-state index contributed by atoms with van der Waals surface area (Å²) in [6.07, 6.45) is 3.01. The van der Waals surface area contributed by atoms with Crippen molar-refractivity contribution in [1.29, 1.82) is 0 Å². The molecule has 0 radical (unpaired) electrons. The van der Waals surface area contributed by atoms with E-state index < -0.39 is 0 Å². The highest BCUT2D eigenvalue weighted by Gasteiger charge is 2.39. The van der Waals surface area contributed by atoms with Gasteiger partial charge in [0, 0.05) is 24.2 Å². The van der Waals surface area contributed by atoms with Gasteiger partial charge in [-0.15, -0.1) is 0 Å². The number of rotatable bonds is 1. The van der Waals surface area contributed by atoms with Gasteiger partial charge in [0.25, 0.3) is 0 Å². The fourth-order valence-electron chi connectivity index (χ4n) is 3.03. The van der Waals surface area contributed by atoms with Gasteiger partial charge in [0.2, 0.25) is 0 Å². The summed E-state index contributed by atoms with van der Waals surface area (Å²) >= 11 is 0. The van der Waals surface area contributed by atoms with Gasteiger partial charge in [0.1, 0.15) is 5.82 Å². The van der Waals surface area contributed by atoms with Gasteiger partial charge >= 0.3 is 0 Å². The van der Waals surface area contributed by atoms with Gasteiger partial charge in [-0.25, -0.2) is 4.39 Å². The van der Waals surface area contributed by atoms with E-state index in [2.05, 4.69) is 4.90 Å². The molecule has 3 heteroatoms. The van der Waals surface area contributed by atoms with E-state index in [0.717, 1.165) is 31.5 Å². The first-order chi connectivity index (χ1) is 7.74. The largest absolute Gasteiger partial charge is 0.393 e. The normalized spacial score (nSPS) is 33.1. The molecule has 1 aliphatic carbocycles. The van der Waals surface area contributed by atoms with Gasteiger partial charge in [0.05, 0.1) is 6.10 Å². The van der Waals surface area contributed by atoms with Crippen molar-refractivity contribution in [1.82, 2.24) is 0 Å². The molecule has 0 amide bonds. The number of hydrogen-bond acceptors (Lipinski definition) is 2. The van der Waals surface area contributed by atoms with Gasteiger partial charge in [-0.05, 0) is 43.5 Å². The summed E-state index contributed by atoms with van der Waals surface area (Å²) in [7, 11) is 0. The lowest BCUT2D eigenvalue weighted by Gasteiger charge is -2.49. The summed E-state index contributed by atoms with van der Waals surface area (Å²) in [4.78, 5) is 2.32. The topological polar surface area (TPSA) is 23.5 Å². The zero-order valence-corrected chi connectivity index (χ0v) is 9.14. The Hall–Kier alpha value is -1.09. The molecule has 3 unspecified atom stereocenters. The number of halogens is 1. The van der Waals surface area contributed by atoms with E-state index in [0.29, 0.717) is 12.0 Å². The molecule has 3 aliphatic rings. The molecule has 2 nitrogen and oxygen atoms in total. The standard InChI is InChI=1S/C13H16FNO/c14-10-2-5-11(6-3-10)15-8-9-1-4-12(15)7-13(9)16/h2-3,5-6,9,12-13,16H,1,4,7-8H2. The summed E-state index contributed by atoms with van der Waals surface area (Å²) in [6.45, 7) is 0.914. The Bertz CT molecular complexity index is 378. The first-order valence-electron chi connectivity index (χ1n) is 5.94. The summed E-state index contributed by atoms with van der Waals surface area (Å²) < 4.78 is 12.8. The molecule has 2 saturated heterocycles. The smallest absolute Gasteiger partial charge is 0.123 e. The van der Waals surface area contributed by atoms with E-state index >= 15 is 0 Å². The molecule has 2 aliphatic heterocycles. The Morgan fingerprint density at radius 2 is 1.94 bits per heavy atom. The van der Waals surface area contributed by atoms with Crippen LogP contribution in [0, 0.1) is 11.7 Å². The first kappa shape index (κ1) is 10.1. The maximum atomic E-state index is 12.8. The zero-order valence-electron chi connectivity index (χ0n) is 9.14. The summed E-state index contributed by atoms with van der Waals surface area (Å²) in [5.74, 6) is 0.209. The number of hydrogen-bond donors (Lipinski definition) is 1. The lowest BCUT2D eigenvalue weighted by molar-refractivity contribution is 0.0373. The second kappa shape index (κ2) is 3.74. The zero-order chi connectivity index (χ0) is 11.1. The van der Waals surface area contributed by atoms with Gasteiger partial charge in [-0.1, -0.05) is 0 Å². The number of anilines is 1. The van der Waals surface area contributed by atoms with Crippen LogP contribution < -0.4 is 4.90 Å². The lowest BCUT2D eigenvalue weighted by atomic mass is 9.77. The predicted molar refractivity (Wildman–Crippen MR) is 60.9 cm³/mol. The predicted octanol–water partition coefficient (Wildman–Crippen LogP) is 2.18. The first-order valence-corrected chi connectivity index (χ1v) is 5.94. The number of piperidine rings is 2. The van der Waals surface area contributed by atoms with Crippen LogP contribution in [0.3, 0.4) is 0 Å². The maximum absolute atomic E-state index is 12.8. The fraction of sp³-hybridized carbons (Fsp3) is 0.538. The van der Waals surface area contributed by atoms with Crippen molar-refractivity contribution in [2.75, 3.05) is 11.4 Å². The number of benzene rings is 1. The van der Waals surface area contributed by atoms with Crippen molar-refractivity contribution < 1.29 is 9.50 Å². The molecule has 4 rings (SSSR count). The highest BCUT2D eigenvalue weighted by Crippen LogP contribution is 2.37. The van der Waals surface area contributed by atoms with Crippen LogP contribution in [-0.4, -0.2) is 23.8 Å². The van der Waals surface area contributed by atoms with Gasteiger partial charge in [-0.2, -0.15) is 0 Å². The monoisotopic (exact) mass is 221 g/mol. The number of aliphatic hydroxyl groups is 1. The maximum Gasteiger partial charge on any atom is 0.123 e. The van der Waals surface area contributed by atoms with Crippen molar-refractivity contribution in [2.24, 2.45) is 5.92 Å². The molecule has 1 aromatic carbocycles. The molecule has 2 bridgehead atoms. The van der Waals surface area contributed by atoms with Gasteiger partial charge in [0.15, 0.2) is 0 Å². The molecule has 1 saturated carbocycles. The molecule has 3 atom stereocenters. The molecule has 0 spiro atoms. The molecule has 1 N–H and O–H groups in total. The van der Waals surface area contributed by atoms with E-state index in [4.69, 9.17) is 0 Å². The summed E-state index contributed by atoms with van der Waals surface area (Å²) in [5, 5.41) is 9.82. The third-order valence-corrected chi connectivity index (χ3v) is 3.96. The average molecular weight is 221 g/mol. The van der Waals surface area contributed by atoms with Crippen molar-refractivity contribution >= 4 is 5.69 Å². The summed E-state index contributed by atoms with van der Waals surface area (Å²) in [6, 6.07) is 7.12. The van der Waals surface area contributed by atoms with Crippen LogP contribution in [0.25, 0.3) is 0 Å². The van der Waals surface area contributed by atoms with E-state index in [-0.39, 0.29) is 11.9 Å². The highest BCUT2D eigenvalue weighted by atomic mass is 19.1. The molecule has 1 aromatic rings. The molecular weight excluding hydrogens is 205 g/mol. The second-order valence-corrected chi connectivity index (χ2v) is 4.92. The molecule has 86 valence electrons.